The van der Waals surface area contributed by atoms with E-state index in [0.717, 1.165) is 17.0 Å². The lowest BCUT2D eigenvalue weighted by Gasteiger charge is -1.98. The van der Waals surface area contributed by atoms with Crippen molar-refractivity contribution in [3.63, 3.8) is 0 Å². The van der Waals surface area contributed by atoms with Crippen LogP contribution in [0.2, 0.25) is 0 Å². The van der Waals surface area contributed by atoms with Gasteiger partial charge >= 0.3 is 0 Å². The van der Waals surface area contributed by atoms with Gasteiger partial charge in [-0.1, -0.05) is 46.7 Å². The van der Waals surface area contributed by atoms with E-state index in [2.05, 4.69) is 25.5 Å². The maximum Gasteiger partial charge on any atom is 0.253 e. The maximum atomic E-state index is 12.2. The Morgan fingerprint density at radius 2 is 1.93 bits per heavy atom. The number of nitrogens with one attached hydrogen (secondary N) is 1. The first-order chi connectivity index (χ1) is 13.5. The molecule has 4 aromatic rings. The van der Waals surface area contributed by atoms with Crippen LogP contribution in [0, 0.1) is 20.8 Å². The minimum absolute atomic E-state index is 0.148. The molecule has 0 saturated heterocycles. The van der Waals surface area contributed by atoms with Gasteiger partial charge in [-0.2, -0.15) is 4.98 Å². The van der Waals surface area contributed by atoms with Crippen LogP contribution in [-0.4, -0.2) is 36.4 Å². The molecule has 3 aromatic heterocycles. The summed E-state index contributed by atoms with van der Waals surface area (Å²) in [5.41, 5.74) is 4.58. The molecule has 0 aliphatic rings. The lowest BCUT2D eigenvalue weighted by atomic mass is 10.1. The van der Waals surface area contributed by atoms with Crippen LogP contribution >= 0.6 is 11.8 Å². The van der Waals surface area contributed by atoms with Crippen molar-refractivity contribution in [2.24, 2.45) is 0 Å². The predicted octanol–water partition coefficient (Wildman–Crippen LogP) is 3.44. The first kappa shape index (κ1) is 18.2. The molecule has 0 bridgehead atoms. The van der Waals surface area contributed by atoms with Crippen molar-refractivity contribution in [3.05, 3.63) is 53.3 Å². The van der Waals surface area contributed by atoms with E-state index in [9.17, 15) is 4.79 Å². The SMILES string of the molecule is Cc1ccc(-c2cc(NC(=O)CSc3nc4nc(C)cc(C)n4n3)on2)cc1. The molecule has 1 aromatic carbocycles. The Balaban J connectivity index is 1.38. The number of aryl methyl sites for hydroxylation is 3. The standard InChI is InChI=1S/C19H18N6O2S/c1-11-4-6-14(7-5-11)15-9-17(27-24-15)21-16(26)10-28-19-22-18-20-12(2)8-13(3)25(18)23-19/h4-9H,10H2,1-3H3,(H,21,26). The number of carbonyl (C=O) groups excluding carboxylic acids is 1. The minimum Gasteiger partial charge on any atom is -0.338 e. The zero-order valence-electron chi connectivity index (χ0n) is 15.6. The zero-order chi connectivity index (χ0) is 19.7. The second-order valence-corrected chi connectivity index (χ2v) is 7.37. The highest BCUT2D eigenvalue weighted by atomic mass is 32.2. The Morgan fingerprint density at radius 3 is 2.71 bits per heavy atom. The summed E-state index contributed by atoms with van der Waals surface area (Å²) < 4.78 is 6.88. The summed E-state index contributed by atoms with van der Waals surface area (Å²) in [6.45, 7) is 5.86. The molecule has 1 N–H and O–H groups in total. The third kappa shape index (κ3) is 3.89. The second kappa shape index (κ2) is 7.43. The van der Waals surface area contributed by atoms with Crippen molar-refractivity contribution in [1.29, 1.82) is 0 Å². The van der Waals surface area contributed by atoms with Crippen LogP contribution in [0.25, 0.3) is 17.0 Å². The Morgan fingerprint density at radius 1 is 1.14 bits per heavy atom. The van der Waals surface area contributed by atoms with Crippen molar-refractivity contribution in [1.82, 2.24) is 24.7 Å². The number of thioether (sulfide) groups is 1. The lowest BCUT2D eigenvalue weighted by Crippen LogP contribution is -2.13. The van der Waals surface area contributed by atoms with Gasteiger partial charge < -0.3 is 4.52 Å². The molecule has 9 heteroatoms. The number of nitrogens with zero attached hydrogens (tertiary/aromatic N) is 5. The molecule has 0 atom stereocenters. The normalized spacial score (nSPS) is 11.1. The van der Waals surface area contributed by atoms with E-state index in [1.54, 1.807) is 10.6 Å². The van der Waals surface area contributed by atoms with Crippen LogP contribution in [0.4, 0.5) is 5.88 Å². The lowest BCUT2D eigenvalue weighted by molar-refractivity contribution is -0.113. The van der Waals surface area contributed by atoms with Crippen molar-refractivity contribution in [2.75, 3.05) is 11.1 Å². The molecule has 0 aliphatic carbocycles. The van der Waals surface area contributed by atoms with Gasteiger partial charge in [-0.3, -0.25) is 10.1 Å². The molecule has 28 heavy (non-hydrogen) atoms. The number of amides is 1. The zero-order valence-corrected chi connectivity index (χ0v) is 16.4. The van der Waals surface area contributed by atoms with Crippen LogP contribution in [-0.2, 0) is 4.79 Å². The molecule has 0 spiro atoms. The van der Waals surface area contributed by atoms with E-state index in [-0.39, 0.29) is 11.7 Å². The third-order valence-corrected chi connectivity index (χ3v) is 4.89. The van der Waals surface area contributed by atoms with Crippen LogP contribution in [0.5, 0.6) is 0 Å². The van der Waals surface area contributed by atoms with Crippen molar-refractivity contribution in [2.45, 2.75) is 25.9 Å². The maximum absolute atomic E-state index is 12.2. The molecule has 3 heterocycles. The third-order valence-electron chi connectivity index (χ3n) is 4.05. The van der Waals surface area contributed by atoms with E-state index in [0.29, 0.717) is 22.5 Å². The number of hydrogen-bond donors (Lipinski definition) is 1. The average molecular weight is 394 g/mol. The molecule has 0 fully saturated rings. The predicted molar refractivity (Wildman–Crippen MR) is 106 cm³/mol. The highest BCUT2D eigenvalue weighted by Gasteiger charge is 2.13. The van der Waals surface area contributed by atoms with Gasteiger partial charge in [-0.25, -0.2) is 9.50 Å². The number of anilines is 1. The Labute approximate surface area is 165 Å². The summed E-state index contributed by atoms with van der Waals surface area (Å²) in [4.78, 5) is 20.9. The van der Waals surface area contributed by atoms with Gasteiger partial charge in [-0.15, -0.1) is 5.10 Å². The fraction of sp³-hybridized carbons (Fsp3) is 0.211. The molecule has 0 unspecified atom stereocenters. The molecule has 8 nitrogen and oxygen atoms in total. The Hall–Kier alpha value is -3.20. The Bertz CT molecular complexity index is 1150. The van der Waals surface area contributed by atoms with Gasteiger partial charge in [0, 0.05) is 23.0 Å². The van der Waals surface area contributed by atoms with E-state index >= 15 is 0 Å². The van der Waals surface area contributed by atoms with E-state index in [4.69, 9.17) is 4.52 Å². The molecule has 0 radical (unpaired) electrons. The van der Waals surface area contributed by atoms with Crippen LogP contribution in [0.1, 0.15) is 17.0 Å². The van der Waals surface area contributed by atoms with Gasteiger partial charge in [0.2, 0.25) is 16.9 Å². The number of benzene rings is 1. The number of aromatic nitrogens is 5. The molecular formula is C19H18N6O2S. The topological polar surface area (TPSA) is 98.2 Å². The largest absolute Gasteiger partial charge is 0.338 e. The first-order valence-corrected chi connectivity index (χ1v) is 9.64. The smallest absolute Gasteiger partial charge is 0.253 e. The summed E-state index contributed by atoms with van der Waals surface area (Å²) in [5, 5.41) is 11.6. The highest BCUT2D eigenvalue weighted by molar-refractivity contribution is 7.99. The fourth-order valence-electron chi connectivity index (χ4n) is 2.71. The summed E-state index contributed by atoms with van der Waals surface area (Å²) in [6, 6.07) is 11.5. The Kier molecular flexibility index (Phi) is 4.82. The van der Waals surface area contributed by atoms with Gasteiger partial charge in [0.25, 0.3) is 5.78 Å². The summed E-state index contributed by atoms with van der Waals surface area (Å²) in [5.74, 6) is 0.752. The monoisotopic (exact) mass is 394 g/mol. The van der Waals surface area contributed by atoms with Crippen molar-refractivity contribution in [3.8, 4) is 11.3 Å². The van der Waals surface area contributed by atoms with Gasteiger partial charge in [0.15, 0.2) is 0 Å². The van der Waals surface area contributed by atoms with E-state index in [1.165, 1.54) is 17.3 Å². The number of carbonyl (C=O) groups is 1. The van der Waals surface area contributed by atoms with Gasteiger partial charge in [0.1, 0.15) is 5.69 Å². The number of fused-ring (bicyclic) bond motifs is 1. The van der Waals surface area contributed by atoms with E-state index in [1.807, 2.05) is 51.1 Å². The molecule has 1 amide bonds. The van der Waals surface area contributed by atoms with Crippen LogP contribution in [0.15, 0.2) is 46.1 Å². The number of rotatable bonds is 5. The van der Waals surface area contributed by atoms with Crippen molar-refractivity contribution < 1.29 is 9.32 Å². The average Bonchev–Trinajstić information content (AvgIpc) is 3.27. The quantitative estimate of drug-likeness (QED) is 0.518. The summed E-state index contributed by atoms with van der Waals surface area (Å²) in [7, 11) is 0. The second-order valence-electron chi connectivity index (χ2n) is 6.42. The summed E-state index contributed by atoms with van der Waals surface area (Å²) >= 11 is 1.24. The molecule has 0 aliphatic heterocycles. The molecular weight excluding hydrogens is 376 g/mol. The summed E-state index contributed by atoms with van der Waals surface area (Å²) in [6.07, 6.45) is 0. The molecule has 4 rings (SSSR count). The van der Waals surface area contributed by atoms with Crippen molar-refractivity contribution >= 4 is 29.3 Å². The first-order valence-electron chi connectivity index (χ1n) is 8.65. The van der Waals surface area contributed by atoms with Gasteiger partial charge in [0.05, 0.1) is 5.75 Å². The van der Waals surface area contributed by atoms with Crippen LogP contribution < -0.4 is 5.32 Å². The van der Waals surface area contributed by atoms with Gasteiger partial charge in [-0.05, 0) is 26.8 Å². The van der Waals surface area contributed by atoms with Crippen LogP contribution in [0.3, 0.4) is 0 Å². The van der Waals surface area contributed by atoms with E-state index < -0.39 is 0 Å². The molecule has 0 saturated carbocycles. The number of hydrogen-bond acceptors (Lipinski definition) is 7. The minimum atomic E-state index is -0.226. The fourth-order valence-corrected chi connectivity index (χ4v) is 3.33. The molecule has 142 valence electrons. The highest BCUT2D eigenvalue weighted by Crippen LogP contribution is 2.22.